The Morgan fingerprint density at radius 3 is 3.06 bits per heavy atom. The maximum atomic E-state index is 3.56. The van der Waals surface area contributed by atoms with Crippen LogP contribution in [0.25, 0.3) is 0 Å². The Morgan fingerprint density at radius 1 is 1.38 bits per heavy atom. The van der Waals surface area contributed by atoms with Crippen LogP contribution < -0.4 is 5.32 Å². The van der Waals surface area contributed by atoms with Crippen LogP contribution in [0.3, 0.4) is 0 Å². The van der Waals surface area contributed by atoms with Crippen LogP contribution in [-0.4, -0.2) is 35.6 Å². The summed E-state index contributed by atoms with van der Waals surface area (Å²) in [4.78, 5) is 5.77. The van der Waals surface area contributed by atoms with E-state index in [1.54, 1.807) is 0 Å². The fourth-order valence-corrected chi connectivity index (χ4v) is 2.69. The zero-order valence-electron chi connectivity index (χ0n) is 9.78. The predicted molar refractivity (Wildman–Crippen MR) is 65.2 cm³/mol. The summed E-state index contributed by atoms with van der Waals surface area (Å²) in [5.41, 5.74) is 1.36. The number of nitrogens with zero attached hydrogens (tertiary/aromatic N) is 1. The molecule has 3 nitrogen and oxygen atoms in total. The lowest BCUT2D eigenvalue weighted by molar-refractivity contribution is 0.312. The highest BCUT2D eigenvalue weighted by atomic mass is 15.2. The van der Waals surface area contributed by atoms with Gasteiger partial charge >= 0.3 is 0 Å². The average molecular weight is 219 g/mol. The lowest BCUT2D eigenvalue weighted by atomic mass is 10.1. The molecule has 0 radical (unpaired) electrons. The van der Waals surface area contributed by atoms with Gasteiger partial charge in [0, 0.05) is 31.5 Å². The van der Waals surface area contributed by atoms with Crippen molar-refractivity contribution in [2.75, 3.05) is 19.6 Å². The Kier molecular flexibility index (Phi) is 2.98. The molecule has 2 N–H and O–H groups in total. The second-order valence-corrected chi connectivity index (χ2v) is 5.23. The number of aromatic amines is 1. The second-order valence-electron chi connectivity index (χ2n) is 5.23. The Balaban J connectivity index is 1.36. The van der Waals surface area contributed by atoms with Crippen LogP contribution in [0.2, 0.25) is 0 Å². The number of aromatic nitrogens is 1. The number of H-pyrrole nitrogens is 1. The van der Waals surface area contributed by atoms with Crippen molar-refractivity contribution in [1.82, 2.24) is 15.2 Å². The smallest absolute Gasteiger partial charge is 0.0220 e. The van der Waals surface area contributed by atoms with Crippen LogP contribution in [0, 0.1) is 5.92 Å². The minimum absolute atomic E-state index is 0.875. The molecule has 1 aromatic rings. The molecule has 1 aliphatic carbocycles. The van der Waals surface area contributed by atoms with E-state index < -0.39 is 0 Å². The van der Waals surface area contributed by atoms with Crippen LogP contribution in [0.1, 0.15) is 24.8 Å². The van der Waals surface area contributed by atoms with Gasteiger partial charge in [0.05, 0.1) is 0 Å². The topological polar surface area (TPSA) is 31.1 Å². The SMILES string of the molecule is c1cc(CNCC2CCN(C3CC3)C2)c[nH]1. The minimum atomic E-state index is 0.875. The molecule has 0 amide bonds. The van der Waals surface area contributed by atoms with Crippen molar-refractivity contribution in [3.8, 4) is 0 Å². The van der Waals surface area contributed by atoms with Gasteiger partial charge in [-0.25, -0.2) is 0 Å². The quantitative estimate of drug-likeness (QED) is 0.788. The van der Waals surface area contributed by atoms with Crippen molar-refractivity contribution < 1.29 is 0 Å². The molecule has 1 saturated carbocycles. The Labute approximate surface area is 97.2 Å². The highest BCUT2D eigenvalue weighted by molar-refractivity contribution is 5.07. The lowest BCUT2D eigenvalue weighted by Gasteiger charge is -2.14. The summed E-state index contributed by atoms with van der Waals surface area (Å²) in [5.74, 6) is 0.875. The van der Waals surface area contributed by atoms with Crippen LogP contribution >= 0.6 is 0 Å². The van der Waals surface area contributed by atoms with E-state index in [2.05, 4.69) is 27.5 Å². The van der Waals surface area contributed by atoms with Gasteiger partial charge in [0.2, 0.25) is 0 Å². The molecular weight excluding hydrogens is 198 g/mol. The number of likely N-dealkylation sites (tertiary alicyclic amines) is 1. The standard InChI is InChI=1S/C13H21N3/c1-2-13(1)16-6-4-12(10-16)9-15-8-11-3-5-14-7-11/h3,5,7,12-15H,1-2,4,6,8-10H2. The molecule has 0 aromatic carbocycles. The summed E-state index contributed by atoms with van der Waals surface area (Å²) >= 11 is 0. The van der Waals surface area contributed by atoms with Crippen molar-refractivity contribution in [2.45, 2.75) is 31.8 Å². The Morgan fingerprint density at radius 2 is 2.31 bits per heavy atom. The van der Waals surface area contributed by atoms with Crippen LogP contribution in [0.5, 0.6) is 0 Å². The van der Waals surface area contributed by atoms with Crippen LogP contribution in [0.4, 0.5) is 0 Å². The average Bonchev–Trinajstić information content (AvgIpc) is 2.83. The van der Waals surface area contributed by atoms with Gasteiger partial charge in [-0.2, -0.15) is 0 Å². The van der Waals surface area contributed by atoms with Crippen LogP contribution in [-0.2, 0) is 6.54 Å². The number of nitrogens with one attached hydrogen (secondary N) is 2. The maximum absolute atomic E-state index is 3.56. The van der Waals surface area contributed by atoms with Gasteiger partial charge < -0.3 is 15.2 Å². The minimum Gasteiger partial charge on any atom is -0.367 e. The first-order chi connectivity index (χ1) is 7.92. The molecule has 1 atom stereocenters. The van der Waals surface area contributed by atoms with Crippen molar-refractivity contribution >= 4 is 0 Å². The molecule has 0 spiro atoms. The van der Waals surface area contributed by atoms with Crippen molar-refractivity contribution in [2.24, 2.45) is 5.92 Å². The highest BCUT2D eigenvalue weighted by Gasteiger charge is 2.33. The molecule has 2 heterocycles. The fraction of sp³-hybridized carbons (Fsp3) is 0.692. The zero-order chi connectivity index (χ0) is 10.8. The first-order valence-corrected chi connectivity index (χ1v) is 6.48. The van der Waals surface area contributed by atoms with E-state index in [1.807, 2.05) is 6.20 Å². The van der Waals surface area contributed by atoms with E-state index >= 15 is 0 Å². The third-order valence-electron chi connectivity index (χ3n) is 3.81. The van der Waals surface area contributed by atoms with Gasteiger partial charge in [-0.3, -0.25) is 0 Å². The van der Waals surface area contributed by atoms with E-state index in [1.165, 1.54) is 44.5 Å². The predicted octanol–water partition coefficient (Wildman–Crippen LogP) is 1.59. The molecule has 0 bridgehead atoms. The molecule has 1 aromatic heterocycles. The summed E-state index contributed by atoms with van der Waals surface area (Å²) in [5, 5.41) is 3.56. The van der Waals surface area contributed by atoms with Gasteiger partial charge in [-0.1, -0.05) is 0 Å². The number of rotatable bonds is 5. The summed E-state index contributed by atoms with van der Waals surface area (Å²) in [7, 11) is 0. The lowest BCUT2D eigenvalue weighted by Crippen LogP contribution is -2.27. The third kappa shape index (κ3) is 2.47. The van der Waals surface area contributed by atoms with Gasteiger partial charge in [0.15, 0.2) is 0 Å². The van der Waals surface area contributed by atoms with E-state index in [0.717, 1.165) is 18.5 Å². The molecule has 3 rings (SSSR count). The molecule has 2 fully saturated rings. The molecule has 1 unspecified atom stereocenters. The van der Waals surface area contributed by atoms with Crippen LogP contribution in [0.15, 0.2) is 18.5 Å². The van der Waals surface area contributed by atoms with Gasteiger partial charge in [-0.05, 0) is 49.9 Å². The molecule has 88 valence electrons. The Bertz CT molecular complexity index is 316. The highest BCUT2D eigenvalue weighted by Crippen LogP contribution is 2.31. The molecular formula is C13H21N3. The largest absolute Gasteiger partial charge is 0.367 e. The normalized spacial score (nSPS) is 26.4. The van der Waals surface area contributed by atoms with Crippen molar-refractivity contribution in [3.05, 3.63) is 24.0 Å². The molecule has 16 heavy (non-hydrogen) atoms. The zero-order valence-corrected chi connectivity index (χ0v) is 9.78. The van der Waals surface area contributed by atoms with E-state index in [0.29, 0.717) is 0 Å². The second kappa shape index (κ2) is 4.60. The first-order valence-electron chi connectivity index (χ1n) is 6.48. The maximum Gasteiger partial charge on any atom is 0.0220 e. The fourth-order valence-electron chi connectivity index (χ4n) is 2.69. The van der Waals surface area contributed by atoms with E-state index in [9.17, 15) is 0 Å². The van der Waals surface area contributed by atoms with Gasteiger partial charge in [-0.15, -0.1) is 0 Å². The number of hydrogen-bond acceptors (Lipinski definition) is 2. The summed E-state index contributed by atoms with van der Waals surface area (Å²) < 4.78 is 0. The summed E-state index contributed by atoms with van der Waals surface area (Å²) in [6.45, 7) is 4.84. The molecule has 1 saturated heterocycles. The Hall–Kier alpha value is -0.800. The van der Waals surface area contributed by atoms with Gasteiger partial charge in [0.1, 0.15) is 0 Å². The monoisotopic (exact) mass is 219 g/mol. The number of hydrogen-bond donors (Lipinski definition) is 2. The van der Waals surface area contributed by atoms with Gasteiger partial charge in [0.25, 0.3) is 0 Å². The van der Waals surface area contributed by atoms with E-state index in [4.69, 9.17) is 0 Å². The van der Waals surface area contributed by atoms with E-state index in [-0.39, 0.29) is 0 Å². The third-order valence-corrected chi connectivity index (χ3v) is 3.81. The summed E-state index contributed by atoms with van der Waals surface area (Å²) in [6.07, 6.45) is 8.34. The molecule has 1 aliphatic heterocycles. The van der Waals surface area contributed by atoms with Crippen molar-refractivity contribution in [1.29, 1.82) is 0 Å². The summed E-state index contributed by atoms with van der Waals surface area (Å²) in [6, 6.07) is 3.09. The molecule has 2 aliphatic rings. The molecule has 3 heteroatoms. The van der Waals surface area contributed by atoms with Crippen molar-refractivity contribution in [3.63, 3.8) is 0 Å². The first kappa shape index (κ1) is 10.4.